The highest BCUT2D eigenvalue weighted by Gasteiger charge is 2.22. The van der Waals surface area contributed by atoms with Crippen LogP contribution < -0.4 is 0 Å². The molecule has 1 rings (SSSR count). The lowest BCUT2D eigenvalue weighted by Crippen LogP contribution is -2.01. The molecule has 1 aromatic heterocycles. The number of hydrogen-bond acceptors (Lipinski definition) is 4. The van der Waals surface area contributed by atoms with Crippen LogP contribution >= 0.6 is 22.6 Å². The lowest BCUT2D eigenvalue weighted by Gasteiger charge is -2.02. The van der Waals surface area contributed by atoms with Crippen molar-refractivity contribution in [3.8, 4) is 6.07 Å². The predicted molar refractivity (Wildman–Crippen MR) is 53.3 cm³/mol. The van der Waals surface area contributed by atoms with Gasteiger partial charge >= 0.3 is 5.69 Å². The van der Waals surface area contributed by atoms with E-state index in [4.69, 9.17) is 5.26 Å². The van der Waals surface area contributed by atoms with Gasteiger partial charge in [-0.3, -0.25) is 10.1 Å². The van der Waals surface area contributed by atoms with Gasteiger partial charge in [-0.15, -0.1) is 0 Å². The van der Waals surface area contributed by atoms with E-state index < -0.39 is 28.3 Å². The van der Waals surface area contributed by atoms with Crippen molar-refractivity contribution < 1.29 is 13.7 Å². The Kier molecular flexibility index (Phi) is 3.46. The first-order valence-electron chi connectivity index (χ1n) is 3.50. The Balaban J connectivity index is 3.45. The Hall–Kier alpha value is -1.37. The first-order valence-corrected chi connectivity index (χ1v) is 4.58. The third-order valence-corrected chi connectivity index (χ3v) is 2.38. The van der Waals surface area contributed by atoms with Crippen molar-refractivity contribution >= 4 is 28.3 Å². The van der Waals surface area contributed by atoms with Gasteiger partial charge in [0.05, 0.1) is 10.5 Å². The smallest absolute Gasteiger partial charge is 0.258 e. The number of pyridine rings is 1. The molecule has 0 saturated carbocycles. The molecule has 0 fully saturated rings. The molecule has 8 heteroatoms. The van der Waals surface area contributed by atoms with E-state index in [9.17, 15) is 18.9 Å². The number of nitro groups is 1. The van der Waals surface area contributed by atoms with Crippen LogP contribution in [0, 0.1) is 25.1 Å². The minimum atomic E-state index is -2.85. The summed E-state index contributed by atoms with van der Waals surface area (Å²) in [6.45, 7) is 0. The fraction of sp³-hybridized carbons (Fsp3) is 0.143. The van der Waals surface area contributed by atoms with Gasteiger partial charge in [0, 0.05) is 6.07 Å². The lowest BCUT2D eigenvalue weighted by molar-refractivity contribution is -0.385. The maximum atomic E-state index is 12.4. The van der Waals surface area contributed by atoms with Gasteiger partial charge in [0.15, 0.2) is 0 Å². The van der Waals surface area contributed by atoms with Crippen LogP contribution in [0.25, 0.3) is 0 Å². The summed E-state index contributed by atoms with van der Waals surface area (Å²) in [7, 11) is 0. The molecule has 0 bridgehead atoms. The second kappa shape index (κ2) is 4.43. The van der Waals surface area contributed by atoms with Gasteiger partial charge in [0.1, 0.15) is 9.77 Å². The molecular weight excluding hydrogens is 323 g/mol. The standard InChI is InChI=1S/C7H2F2IN3O2/c8-6(9)3-1-5(13(14)15)4(2-11)12-7(3)10/h1,6H. The molecule has 0 aromatic carbocycles. The van der Waals surface area contributed by atoms with Gasteiger partial charge in [0.2, 0.25) is 5.69 Å². The van der Waals surface area contributed by atoms with Crippen molar-refractivity contribution in [1.29, 1.82) is 5.26 Å². The molecule has 0 atom stereocenters. The van der Waals surface area contributed by atoms with Crippen LogP contribution in [-0.2, 0) is 0 Å². The first kappa shape index (κ1) is 11.7. The molecule has 1 aromatic rings. The normalized spacial score (nSPS) is 10.1. The largest absolute Gasteiger partial charge is 0.306 e. The third-order valence-electron chi connectivity index (χ3n) is 1.52. The van der Waals surface area contributed by atoms with E-state index in [1.165, 1.54) is 28.7 Å². The van der Waals surface area contributed by atoms with E-state index in [0.717, 1.165) is 0 Å². The number of nitrogens with zero attached hydrogens (tertiary/aromatic N) is 3. The fourth-order valence-corrected chi connectivity index (χ4v) is 1.50. The molecule has 0 saturated heterocycles. The summed E-state index contributed by atoms with van der Waals surface area (Å²) in [5, 5.41) is 18.9. The topological polar surface area (TPSA) is 79.8 Å². The number of aromatic nitrogens is 1. The molecule has 0 spiro atoms. The number of rotatable bonds is 2. The van der Waals surface area contributed by atoms with Crippen molar-refractivity contribution in [1.82, 2.24) is 4.98 Å². The number of alkyl halides is 2. The Morgan fingerprint density at radius 2 is 2.27 bits per heavy atom. The molecule has 0 aliphatic heterocycles. The summed E-state index contributed by atoms with van der Waals surface area (Å²) in [6, 6.07) is 2.16. The minimum Gasteiger partial charge on any atom is -0.258 e. The summed E-state index contributed by atoms with van der Waals surface area (Å²) < 4.78 is 24.6. The number of hydrogen-bond donors (Lipinski definition) is 0. The van der Waals surface area contributed by atoms with E-state index in [2.05, 4.69) is 4.98 Å². The Morgan fingerprint density at radius 1 is 1.67 bits per heavy atom. The minimum absolute atomic E-state index is 0.107. The van der Waals surface area contributed by atoms with Gasteiger partial charge in [-0.1, -0.05) is 0 Å². The molecule has 78 valence electrons. The van der Waals surface area contributed by atoms with Gasteiger partial charge in [-0.2, -0.15) is 5.26 Å². The Bertz CT molecular complexity index is 458. The monoisotopic (exact) mass is 325 g/mol. The van der Waals surface area contributed by atoms with Gasteiger partial charge in [-0.05, 0) is 22.6 Å². The molecule has 0 aliphatic carbocycles. The summed E-state index contributed by atoms with van der Waals surface area (Å²) in [5.41, 5.74) is -1.71. The van der Waals surface area contributed by atoms with Crippen LogP contribution in [0.1, 0.15) is 17.7 Å². The summed E-state index contributed by atoms with van der Waals surface area (Å²) in [5.74, 6) is 0. The average Bonchev–Trinajstić information content (AvgIpc) is 2.16. The average molecular weight is 325 g/mol. The van der Waals surface area contributed by atoms with Crippen molar-refractivity contribution in [3.05, 3.63) is 31.1 Å². The Labute approximate surface area is 96.0 Å². The van der Waals surface area contributed by atoms with Gasteiger partial charge in [0.25, 0.3) is 6.43 Å². The molecule has 0 radical (unpaired) electrons. The zero-order valence-corrected chi connectivity index (χ0v) is 9.10. The van der Waals surface area contributed by atoms with Crippen LogP contribution in [0.15, 0.2) is 6.07 Å². The second-order valence-corrected chi connectivity index (χ2v) is 3.43. The second-order valence-electron chi connectivity index (χ2n) is 2.41. The highest BCUT2D eigenvalue weighted by Crippen LogP contribution is 2.28. The van der Waals surface area contributed by atoms with Crippen LogP contribution in [0.5, 0.6) is 0 Å². The Morgan fingerprint density at radius 3 is 2.67 bits per heavy atom. The zero-order valence-electron chi connectivity index (χ0n) is 6.95. The number of halogens is 3. The SMILES string of the molecule is N#Cc1nc(I)c(C(F)F)cc1[N+](=O)[O-]. The van der Waals surface area contributed by atoms with E-state index in [0.29, 0.717) is 6.07 Å². The maximum absolute atomic E-state index is 12.4. The summed E-state index contributed by atoms with van der Waals surface area (Å²) in [6.07, 6.45) is -2.85. The molecule has 5 nitrogen and oxygen atoms in total. The van der Waals surface area contributed by atoms with Crippen LogP contribution in [-0.4, -0.2) is 9.91 Å². The van der Waals surface area contributed by atoms with E-state index in [1.807, 2.05) is 0 Å². The van der Waals surface area contributed by atoms with Crippen LogP contribution in [0.3, 0.4) is 0 Å². The highest BCUT2D eigenvalue weighted by molar-refractivity contribution is 14.1. The molecule has 1 heterocycles. The molecular formula is C7H2F2IN3O2. The van der Waals surface area contributed by atoms with Crippen molar-refractivity contribution in [2.24, 2.45) is 0 Å². The van der Waals surface area contributed by atoms with E-state index >= 15 is 0 Å². The lowest BCUT2D eigenvalue weighted by atomic mass is 10.2. The first-order chi connectivity index (χ1) is 6.97. The molecule has 0 unspecified atom stereocenters. The van der Waals surface area contributed by atoms with Crippen LogP contribution in [0.2, 0.25) is 0 Å². The van der Waals surface area contributed by atoms with Crippen molar-refractivity contribution in [3.63, 3.8) is 0 Å². The predicted octanol–water partition coefficient (Wildman–Crippen LogP) is 2.40. The van der Waals surface area contributed by atoms with E-state index in [1.54, 1.807) is 0 Å². The molecule has 0 amide bonds. The quantitative estimate of drug-likeness (QED) is 0.362. The van der Waals surface area contributed by atoms with Gasteiger partial charge < -0.3 is 0 Å². The van der Waals surface area contributed by atoms with Crippen LogP contribution in [0.4, 0.5) is 14.5 Å². The number of nitriles is 1. The molecule has 15 heavy (non-hydrogen) atoms. The summed E-state index contributed by atoms with van der Waals surface area (Å²) >= 11 is 1.50. The van der Waals surface area contributed by atoms with Gasteiger partial charge in [-0.25, -0.2) is 13.8 Å². The maximum Gasteiger partial charge on any atom is 0.306 e. The fourth-order valence-electron chi connectivity index (χ4n) is 0.870. The molecule has 0 aliphatic rings. The molecule has 0 N–H and O–H groups in total. The van der Waals surface area contributed by atoms with E-state index in [-0.39, 0.29) is 3.70 Å². The summed E-state index contributed by atoms with van der Waals surface area (Å²) in [4.78, 5) is 13.0. The van der Waals surface area contributed by atoms with Crippen molar-refractivity contribution in [2.45, 2.75) is 6.43 Å². The third kappa shape index (κ3) is 2.35. The highest BCUT2D eigenvalue weighted by atomic mass is 127. The van der Waals surface area contributed by atoms with Crippen molar-refractivity contribution in [2.75, 3.05) is 0 Å². The zero-order chi connectivity index (χ0) is 11.6.